The van der Waals surface area contributed by atoms with Gasteiger partial charge < -0.3 is 4.74 Å². The summed E-state index contributed by atoms with van der Waals surface area (Å²) in [7, 11) is 0. The third-order valence-corrected chi connectivity index (χ3v) is 3.50. The minimum Gasteiger partial charge on any atom is -0.463 e. The summed E-state index contributed by atoms with van der Waals surface area (Å²) in [6.07, 6.45) is 7.75. The van der Waals surface area contributed by atoms with Gasteiger partial charge in [-0.25, -0.2) is 4.79 Å². The fraction of sp³-hybridized carbons (Fsp3) is 0.200. The van der Waals surface area contributed by atoms with Gasteiger partial charge in [0.15, 0.2) is 0 Å². The van der Waals surface area contributed by atoms with E-state index < -0.39 is 0 Å². The predicted molar refractivity (Wildman–Crippen MR) is 77.0 cm³/mol. The lowest BCUT2D eigenvalue weighted by molar-refractivity contribution is -0.137. The number of hydrogen-bond acceptors (Lipinski definition) is 4. The lowest BCUT2D eigenvalue weighted by atomic mass is 10.2. The minimum atomic E-state index is -0.301. The second kappa shape index (κ2) is 6.85. The number of hydrogen-bond donors (Lipinski definition) is 0. The standard InChI is InChI=1S/C15H15NO2S/c1-2-18-15(17)8-7-13-5-6-14(19-13)10-12-4-3-9-16-11-12/h3-9,11H,2,10H2,1H3. The molecule has 2 rings (SSSR count). The van der Waals surface area contributed by atoms with Crippen molar-refractivity contribution in [2.24, 2.45) is 0 Å². The van der Waals surface area contributed by atoms with Crippen molar-refractivity contribution in [2.45, 2.75) is 13.3 Å². The highest BCUT2D eigenvalue weighted by molar-refractivity contribution is 7.12. The zero-order valence-electron chi connectivity index (χ0n) is 10.7. The highest BCUT2D eigenvalue weighted by Gasteiger charge is 2.01. The van der Waals surface area contributed by atoms with E-state index in [0.29, 0.717) is 6.61 Å². The van der Waals surface area contributed by atoms with E-state index in [2.05, 4.69) is 17.1 Å². The first-order chi connectivity index (χ1) is 9.28. The summed E-state index contributed by atoms with van der Waals surface area (Å²) in [5.41, 5.74) is 1.19. The van der Waals surface area contributed by atoms with Gasteiger partial charge in [0.2, 0.25) is 0 Å². The monoisotopic (exact) mass is 273 g/mol. The number of nitrogens with zero attached hydrogens (tertiary/aromatic N) is 1. The summed E-state index contributed by atoms with van der Waals surface area (Å²) in [5, 5.41) is 0. The summed E-state index contributed by atoms with van der Waals surface area (Å²) < 4.78 is 4.84. The van der Waals surface area contributed by atoms with Crippen LogP contribution in [0.3, 0.4) is 0 Å². The average Bonchev–Trinajstić information content (AvgIpc) is 2.86. The number of carbonyl (C=O) groups is 1. The maximum atomic E-state index is 11.2. The molecule has 0 fully saturated rings. The van der Waals surface area contributed by atoms with Crippen molar-refractivity contribution in [1.82, 2.24) is 4.98 Å². The topological polar surface area (TPSA) is 39.2 Å². The van der Waals surface area contributed by atoms with Crippen LogP contribution in [0.4, 0.5) is 0 Å². The van der Waals surface area contributed by atoms with Gasteiger partial charge in [0.05, 0.1) is 6.61 Å². The number of thiophene rings is 1. The van der Waals surface area contributed by atoms with E-state index in [0.717, 1.165) is 11.3 Å². The molecule has 4 heteroatoms. The van der Waals surface area contributed by atoms with Crippen LogP contribution < -0.4 is 0 Å². The summed E-state index contributed by atoms with van der Waals surface area (Å²) >= 11 is 1.67. The summed E-state index contributed by atoms with van der Waals surface area (Å²) in [4.78, 5) is 17.6. The first-order valence-corrected chi connectivity index (χ1v) is 6.92. The van der Waals surface area contributed by atoms with Crippen LogP contribution in [0.5, 0.6) is 0 Å². The molecular formula is C15H15NO2S. The van der Waals surface area contributed by atoms with Gasteiger partial charge >= 0.3 is 5.97 Å². The maximum absolute atomic E-state index is 11.2. The van der Waals surface area contributed by atoms with Crippen LogP contribution in [0.25, 0.3) is 6.08 Å². The Balaban J connectivity index is 1.97. The number of carbonyl (C=O) groups excluding carboxylic acids is 1. The third-order valence-electron chi connectivity index (χ3n) is 2.45. The molecule has 0 atom stereocenters. The summed E-state index contributed by atoms with van der Waals surface area (Å²) in [6.45, 7) is 2.20. The largest absolute Gasteiger partial charge is 0.463 e. The molecule has 0 spiro atoms. The van der Waals surface area contributed by atoms with Crippen molar-refractivity contribution in [2.75, 3.05) is 6.61 Å². The quantitative estimate of drug-likeness (QED) is 0.619. The van der Waals surface area contributed by atoms with E-state index in [1.165, 1.54) is 16.5 Å². The molecule has 0 aliphatic carbocycles. The van der Waals surface area contributed by atoms with Gasteiger partial charge in [-0.1, -0.05) is 6.07 Å². The molecule has 0 amide bonds. The van der Waals surface area contributed by atoms with E-state index in [9.17, 15) is 4.79 Å². The zero-order chi connectivity index (χ0) is 13.5. The summed E-state index contributed by atoms with van der Waals surface area (Å²) in [6, 6.07) is 8.07. The van der Waals surface area contributed by atoms with Crippen LogP contribution in [-0.4, -0.2) is 17.6 Å². The Morgan fingerprint density at radius 3 is 3.05 bits per heavy atom. The predicted octanol–water partition coefficient (Wildman–Crippen LogP) is 3.31. The van der Waals surface area contributed by atoms with Gasteiger partial charge in [0, 0.05) is 34.6 Å². The number of ether oxygens (including phenoxy) is 1. The van der Waals surface area contributed by atoms with Crippen LogP contribution >= 0.6 is 11.3 Å². The Morgan fingerprint density at radius 2 is 2.32 bits per heavy atom. The van der Waals surface area contributed by atoms with Crippen LogP contribution in [0, 0.1) is 0 Å². The summed E-state index contributed by atoms with van der Waals surface area (Å²) in [5.74, 6) is -0.301. The Hall–Kier alpha value is -1.94. The van der Waals surface area contributed by atoms with Crippen LogP contribution in [-0.2, 0) is 16.0 Å². The second-order valence-electron chi connectivity index (χ2n) is 3.93. The molecule has 0 aliphatic rings. The lowest BCUT2D eigenvalue weighted by Crippen LogP contribution is -1.98. The molecule has 2 heterocycles. The van der Waals surface area contributed by atoms with Gasteiger partial charge in [0.1, 0.15) is 0 Å². The van der Waals surface area contributed by atoms with E-state index in [4.69, 9.17) is 4.74 Å². The number of rotatable bonds is 5. The van der Waals surface area contributed by atoms with Crippen LogP contribution in [0.2, 0.25) is 0 Å². The highest BCUT2D eigenvalue weighted by atomic mass is 32.1. The molecule has 0 bridgehead atoms. The SMILES string of the molecule is CCOC(=O)C=Cc1ccc(Cc2cccnc2)s1. The fourth-order valence-corrected chi connectivity index (χ4v) is 2.57. The fourth-order valence-electron chi connectivity index (χ4n) is 1.62. The van der Waals surface area contributed by atoms with Crippen molar-refractivity contribution in [3.63, 3.8) is 0 Å². The van der Waals surface area contributed by atoms with Crippen LogP contribution in [0.15, 0.2) is 42.7 Å². The molecule has 0 aliphatic heterocycles. The Kier molecular flexibility index (Phi) is 4.86. The normalized spacial score (nSPS) is 10.8. The Morgan fingerprint density at radius 1 is 1.42 bits per heavy atom. The highest BCUT2D eigenvalue weighted by Crippen LogP contribution is 2.20. The van der Waals surface area contributed by atoms with Crippen molar-refractivity contribution >= 4 is 23.4 Å². The molecule has 2 aromatic rings. The molecule has 0 aromatic carbocycles. The lowest BCUT2D eigenvalue weighted by Gasteiger charge is -1.96. The molecule has 19 heavy (non-hydrogen) atoms. The van der Waals surface area contributed by atoms with Gasteiger partial charge in [-0.2, -0.15) is 0 Å². The van der Waals surface area contributed by atoms with E-state index in [-0.39, 0.29) is 5.97 Å². The smallest absolute Gasteiger partial charge is 0.330 e. The van der Waals surface area contributed by atoms with Gasteiger partial charge in [-0.05, 0) is 36.8 Å². The van der Waals surface area contributed by atoms with Crippen molar-refractivity contribution in [3.8, 4) is 0 Å². The minimum absolute atomic E-state index is 0.301. The van der Waals surface area contributed by atoms with E-state index >= 15 is 0 Å². The number of aromatic nitrogens is 1. The van der Waals surface area contributed by atoms with Crippen molar-refractivity contribution < 1.29 is 9.53 Å². The first kappa shape index (κ1) is 13.5. The molecule has 0 radical (unpaired) electrons. The molecule has 0 saturated carbocycles. The molecule has 0 saturated heterocycles. The Bertz CT molecular complexity index is 561. The second-order valence-corrected chi connectivity index (χ2v) is 5.13. The zero-order valence-corrected chi connectivity index (χ0v) is 11.5. The van der Waals surface area contributed by atoms with Crippen LogP contribution in [0.1, 0.15) is 22.2 Å². The van der Waals surface area contributed by atoms with E-state index in [1.54, 1.807) is 30.5 Å². The van der Waals surface area contributed by atoms with Gasteiger partial charge in [0.25, 0.3) is 0 Å². The molecular weight excluding hydrogens is 258 g/mol. The van der Waals surface area contributed by atoms with Gasteiger partial charge in [-0.15, -0.1) is 11.3 Å². The molecule has 2 aromatic heterocycles. The first-order valence-electron chi connectivity index (χ1n) is 6.10. The molecule has 98 valence electrons. The van der Waals surface area contributed by atoms with Crippen molar-refractivity contribution in [3.05, 3.63) is 58.1 Å². The van der Waals surface area contributed by atoms with E-state index in [1.807, 2.05) is 18.3 Å². The maximum Gasteiger partial charge on any atom is 0.330 e. The average molecular weight is 273 g/mol. The van der Waals surface area contributed by atoms with Gasteiger partial charge in [-0.3, -0.25) is 4.98 Å². The molecule has 0 N–H and O–H groups in total. The third kappa shape index (κ3) is 4.34. The number of esters is 1. The van der Waals surface area contributed by atoms with Crippen molar-refractivity contribution in [1.29, 1.82) is 0 Å². The Labute approximate surface area is 116 Å². The molecule has 0 unspecified atom stereocenters. The number of pyridine rings is 1. The molecule has 3 nitrogen and oxygen atoms in total.